The molecule has 0 aliphatic heterocycles. The van der Waals surface area contributed by atoms with E-state index in [1.165, 1.54) is 29.7 Å². The SMILES string of the molecule is CNc1cccc(CC2=CC=CCC2)c1. The first-order chi connectivity index (χ1) is 7.38. The second kappa shape index (κ2) is 4.83. The van der Waals surface area contributed by atoms with Crippen molar-refractivity contribution in [2.24, 2.45) is 0 Å². The minimum atomic E-state index is 1.08. The highest BCUT2D eigenvalue weighted by Gasteiger charge is 2.01. The first-order valence-electron chi connectivity index (χ1n) is 5.50. The molecule has 78 valence electrons. The van der Waals surface area contributed by atoms with Crippen molar-refractivity contribution >= 4 is 5.69 Å². The zero-order chi connectivity index (χ0) is 10.5. The van der Waals surface area contributed by atoms with Gasteiger partial charge in [-0.3, -0.25) is 0 Å². The number of anilines is 1. The fraction of sp³-hybridized carbons (Fsp3) is 0.286. The lowest BCUT2D eigenvalue weighted by Gasteiger charge is -2.10. The van der Waals surface area contributed by atoms with E-state index in [9.17, 15) is 0 Å². The minimum absolute atomic E-state index is 1.08. The van der Waals surface area contributed by atoms with Crippen molar-refractivity contribution in [1.82, 2.24) is 0 Å². The lowest BCUT2D eigenvalue weighted by atomic mass is 9.97. The number of allylic oxidation sites excluding steroid dienone is 4. The summed E-state index contributed by atoms with van der Waals surface area (Å²) in [5.74, 6) is 0. The summed E-state index contributed by atoms with van der Waals surface area (Å²) in [7, 11) is 1.96. The van der Waals surface area contributed by atoms with E-state index in [4.69, 9.17) is 0 Å². The molecule has 1 nitrogen and oxygen atoms in total. The number of rotatable bonds is 3. The van der Waals surface area contributed by atoms with E-state index in [0.29, 0.717) is 0 Å². The Morgan fingerprint density at radius 2 is 2.27 bits per heavy atom. The molecular formula is C14H17N. The van der Waals surface area contributed by atoms with Gasteiger partial charge in [0, 0.05) is 12.7 Å². The van der Waals surface area contributed by atoms with Gasteiger partial charge in [0.15, 0.2) is 0 Å². The summed E-state index contributed by atoms with van der Waals surface area (Å²) in [6.07, 6.45) is 10.1. The van der Waals surface area contributed by atoms with Crippen molar-refractivity contribution in [2.45, 2.75) is 19.3 Å². The standard InChI is InChI=1S/C14H17N/c1-15-14-9-5-8-13(11-14)10-12-6-3-2-4-7-12/h2-3,5-6,8-9,11,15H,4,7,10H2,1H3. The summed E-state index contributed by atoms with van der Waals surface area (Å²) >= 11 is 0. The normalized spacial score (nSPS) is 14.9. The maximum Gasteiger partial charge on any atom is 0.0340 e. The molecule has 0 heterocycles. The number of hydrogen-bond acceptors (Lipinski definition) is 1. The molecule has 0 amide bonds. The smallest absolute Gasteiger partial charge is 0.0340 e. The molecule has 1 aromatic rings. The van der Waals surface area contributed by atoms with Gasteiger partial charge in [0.1, 0.15) is 0 Å². The van der Waals surface area contributed by atoms with Gasteiger partial charge in [0.2, 0.25) is 0 Å². The van der Waals surface area contributed by atoms with Gasteiger partial charge in [-0.2, -0.15) is 0 Å². The Kier molecular flexibility index (Phi) is 3.23. The molecule has 0 unspecified atom stereocenters. The zero-order valence-corrected chi connectivity index (χ0v) is 9.16. The maximum atomic E-state index is 3.17. The lowest BCUT2D eigenvalue weighted by Crippen LogP contribution is -1.95. The van der Waals surface area contributed by atoms with Gasteiger partial charge in [-0.1, -0.05) is 35.9 Å². The molecule has 15 heavy (non-hydrogen) atoms. The fourth-order valence-corrected chi connectivity index (χ4v) is 1.90. The van der Waals surface area contributed by atoms with Crippen LogP contribution in [0.4, 0.5) is 5.69 Å². The monoisotopic (exact) mass is 199 g/mol. The van der Waals surface area contributed by atoms with Gasteiger partial charge < -0.3 is 5.32 Å². The molecular weight excluding hydrogens is 182 g/mol. The molecule has 0 aromatic heterocycles. The van der Waals surface area contributed by atoms with Crippen molar-refractivity contribution in [2.75, 3.05) is 12.4 Å². The van der Waals surface area contributed by atoms with Crippen LogP contribution in [0.5, 0.6) is 0 Å². The van der Waals surface area contributed by atoms with E-state index in [1.54, 1.807) is 0 Å². The quantitative estimate of drug-likeness (QED) is 0.785. The average molecular weight is 199 g/mol. The third kappa shape index (κ3) is 2.72. The topological polar surface area (TPSA) is 12.0 Å². The first kappa shape index (κ1) is 10.0. The molecule has 1 aliphatic rings. The molecule has 1 aliphatic carbocycles. The predicted octanol–water partition coefficient (Wildman–Crippen LogP) is 3.55. The van der Waals surface area contributed by atoms with Crippen LogP contribution in [0.2, 0.25) is 0 Å². The minimum Gasteiger partial charge on any atom is -0.388 e. The van der Waals surface area contributed by atoms with Gasteiger partial charge in [-0.25, -0.2) is 0 Å². The van der Waals surface area contributed by atoms with Gasteiger partial charge >= 0.3 is 0 Å². The van der Waals surface area contributed by atoms with Crippen LogP contribution >= 0.6 is 0 Å². The molecule has 0 radical (unpaired) electrons. The predicted molar refractivity (Wildman–Crippen MR) is 66.1 cm³/mol. The molecule has 1 N–H and O–H groups in total. The number of benzene rings is 1. The zero-order valence-electron chi connectivity index (χ0n) is 9.16. The number of nitrogens with one attached hydrogen (secondary N) is 1. The summed E-state index contributed by atoms with van der Waals surface area (Å²) in [6, 6.07) is 8.62. The van der Waals surface area contributed by atoms with Gasteiger partial charge in [0.05, 0.1) is 0 Å². The summed E-state index contributed by atoms with van der Waals surface area (Å²) in [5.41, 5.74) is 4.12. The second-order valence-corrected chi connectivity index (χ2v) is 3.92. The second-order valence-electron chi connectivity index (χ2n) is 3.92. The highest BCUT2D eigenvalue weighted by molar-refractivity contribution is 5.46. The van der Waals surface area contributed by atoms with Crippen LogP contribution in [0.15, 0.2) is 48.1 Å². The lowest BCUT2D eigenvalue weighted by molar-refractivity contribution is 0.911. The van der Waals surface area contributed by atoms with E-state index < -0.39 is 0 Å². The molecule has 0 bridgehead atoms. The van der Waals surface area contributed by atoms with Crippen LogP contribution in [-0.4, -0.2) is 7.05 Å². The average Bonchev–Trinajstić information content (AvgIpc) is 2.31. The molecule has 0 saturated carbocycles. The Balaban J connectivity index is 2.09. The van der Waals surface area contributed by atoms with Crippen LogP contribution < -0.4 is 5.32 Å². The summed E-state index contributed by atoms with van der Waals surface area (Å²) < 4.78 is 0. The van der Waals surface area contributed by atoms with Crippen molar-refractivity contribution < 1.29 is 0 Å². The van der Waals surface area contributed by atoms with Crippen LogP contribution in [0, 0.1) is 0 Å². The highest BCUT2D eigenvalue weighted by Crippen LogP contribution is 2.19. The Hall–Kier alpha value is -1.50. The van der Waals surface area contributed by atoms with E-state index in [0.717, 1.165) is 6.42 Å². The Morgan fingerprint density at radius 3 is 3.00 bits per heavy atom. The largest absolute Gasteiger partial charge is 0.388 e. The molecule has 0 saturated heterocycles. The molecule has 2 rings (SSSR count). The van der Waals surface area contributed by atoms with E-state index in [2.05, 4.69) is 47.8 Å². The van der Waals surface area contributed by atoms with Crippen LogP contribution in [0.25, 0.3) is 0 Å². The van der Waals surface area contributed by atoms with E-state index >= 15 is 0 Å². The van der Waals surface area contributed by atoms with Crippen molar-refractivity contribution in [3.63, 3.8) is 0 Å². The Morgan fingerprint density at radius 1 is 1.33 bits per heavy atom. The molecule has 0 spiro atoms. The maximum absolute atomic E-state index is 3.17. The van der Waals surface area contributed by atoms with Crippen molar-refractivity contribution in [3.05, 3.63) is 53.6 Å². The van der Waals surface area contributed by atoms with Crippen LogP contribution in [-0.2, 0) is 6.42 Å². The molecule has 1 heteroatoms. The van der Waals surface area contributed by atoms with Gasteiger partial charge in [0.25, 0.3) is 0 Å². The third-order valence-corrected chi connectivity index (χ3v) is 2.75. The van der Waals surface area contributed by atoms with Gasteiger partial charge in [-0.15, -0.1) is 0 Å². The van der Waals surface area contributed by atoms with Gasteiger partial charge in [-0.05, 0) is 37.0 Å². The third-order valence-electron chi connectivity index (χ3n) is 2.75. The fourth-order valence-electron chi connectivity index (χ4n) is 1.90. The summed E-state index contributed by atoms with van der Waals surface area (Å²) in [6.45, 7) is 0. The Labute approximate surface area is 91.5 Å². The van der Waals surface area contributed by atoms with Crippen LogP contribution in [0.1, 0.15) is 18.4 Å². The van der Waals surface area contributed by atoms with Crippen molar-refractivity contribution in [1.29, 1.82) is 0 Å². The van der Waals surface area contributed by atoms with E-state index in [1.807, 2.05) is 7.05 Å². The molecule has 1 aromatic carbocycles. The molecule has 0 atom stereocenters. The summed E-state index contributed by atoms with van der Waals surface area (Å²) in [5, 5.41) is 3.17. The number of hydrogen-bond donors (Lipinski definition) is 1. The first-order valence-corrected chi connectivity index (χ1v) is 5.50. The van der Waals surface area contributed by atoms with Crippen LogP contribution in [0.3, 0.4) is 0 Å². The summed E-state index contributed by atoms with van der Waals surface area (Å²) in [4.78, 5) is 0. The molecule has 0 fully saturated rings. The Bertz CT molecular complexity index is 388. The highest BCUT2D eigenvalue weighted by atomic mass is 14.8. The van der Waals surface area contributed by atoms with Crippen molar-refractivity contribution in [3.8, 4) is 0 Å². The van der Waals surface area contributed by atoms with E-state index in [-0.39, 0.29) is 0 Å².